The van der Waals surface area contributed by atoms with Crippen LogP contribution in [0.15, 0.2) is 41.5 Å². The van der Waals surface area contributed by atoms with Crippen molar-refractivity contribution >= 4 is 17.7 Å². The number of hydrogen-bond donors (Lipinski definition) is 2. The number of aliphatic hydroxyl groups excluding tert-OH is 1. The summed E-state index contributed by atoms with van der Waals surface area (Å²) in [4.78, 5) is 40.6. The molecule has 3 fully saturated rings. The van der Waals surface area contributed by atoms with Crippen LogP contribution in [0.4, 0.5) is 0 Å². The first kappa shape index (κ1) is 27.0. The van der Waals surface area contributed by atoms with Crippen LogP contribution in [0.5, 0.6) is 0 Å². The van der Waals surface area contributed by atoms with E-state index in [1.165, 1.54) is 6.92 Å². The lowest BCUT2D eigenvalue weighted by atomic mass is 9.44. The van der Waals surface area contributed by atoms with Crippen molar-refractivity contribution in [1.29, 1.82) is 0 Å². The summed E-state index contributed by atoms with van der Waals surface area (Å²) in [5, 5.41) is 23.7. The Morgan fingerprint density at radius 2 is 1.79 bits per heavy atom. The highest BCUT2D eigenvalue weighted by Crippen LogP contribution is 2.63. The van der Waals surface area contributed by atoms with E-state index in [-0.39, 0.29) is 24.7 Å². The molecule has 1 aliphatic heterocycles. The second-order valence-corrected chi connectivity index (χ2v) is 12.1. The largest absolute Gasteiger partial charge is 0.455 e. The minimum absolute atomic E-state index is 0.0278. The fourth-order valence-electron chi connectivity index (χ4n) is 8.04. The molecule has 1 unspecified atom stereocenters. The molecule has 0 amide bonds. The van der Waals surface area contributed by atoms with Gasteiger partial charge in [0, 0.05) is 30.6 Å². The zero-order valence-corrected chi connectivity index (χ0v) is 22.9. The molecule has 8 heteroatoms. The number of ether oxygens (including phenoxy) is 3. The molecule has 1 heterocycles. The molecule has 3 aliphatic carbocycles. The van der Waals surface area contributed by atoms with Crippen LogP contribution in [-0.2, 0) is 23.8 Å². The van der Waals surface area contributed by atoms with Crippen LogP contribution in [-0.4, -0.2) is 64.1 Å². The number of benzene rings is 1. The quantitative estimate of drug-likeness (QED) is 0.455. The fraction of sp³-hybridized carbons (Fsp3) is 0.633. The molecule has 206 valence electrons. The predicted molar refractivity (Wildman–Crippen MR) is 137 cm³/mol. The maximum Gasteiger partial charge on any atom is 0.338 e. The Balaban J connectivity index is 1.78. The average molecular weight is 527 g/mol. The lowest BCUT2D eigenvalue weighted by Gasteiger charge is -2.66. The van der Waals surface area contributed by atoms with Crippen molar-refractivity contribution in [2.75, 3.05) is 6.61 Å². The van der Waals surface area contributed by atoms with Gasteiger partial charge in [-0.05, 0) is 37.0 Å². The first-order valence-electron chi connectivity index (χ1n) is 13.5. The van der Waals surface area contributed by atoms with Gasteiger partial charge in [-0.1, -0.05) is 51.5 Å². The molecule has 1 saturated heterocycles. The molecule has 0 aromatic heterocycles. The number of aliphatic hydroxyl groups is 2. The van der Waals surface area contributed by atoms with E-state index in [4.69, 9.17) is 14.2 Å². The van der Waals surface area contributed by atoms with Crippen LogP contribution in [0.1, 0.15) is 64.7 Å². The number of fused-ring (bicyclic) bond motifs is 5. The summed E-state index contributed by atoms with van der Waals surface area (Å²) >= 11 is 0. The monoisotopic (exact) mass is 526 g/mol. The molecule has 0 spiro atoms. The first-order chi connectivity index (χ1) is 17.8. The van der Waals surface area contributed by atoms with Crippen molar-refractivity contribution < 1.29 is 38.8 Å². The van der Waals surface area contributed by atoms with Crippen LogP contribution in [0.25, 0.3) is 0 Å². The van der Waals surface area contributed by atoms with Gasteiger partial charge in [0.25, 0.3) is 0 Å². The summed E-state index contributed by atoms with van der Waals surface area (Å²) in [6.07, 6.45) is -2.41. The molecule has 5 rings (SSSR count). The molecule has 1 aromatic rings. The van der Waals surface area contributed by atoms with Crippen LogP contribution >= 0.6 is 0 Å². The zero-order valence-electron chi connectivity index (χ0n) is 22.9. The second-order valence-electron chi connectivity index (χ2n) is 12.1. The summed E-state index contributed by atoms with van der Waals surface area (Å²) < 4.78 is 18.2. The molecule has 2 N–H and O–H groups in total. The van der Waals surface area contributed by atoms with Crippen molar-refractivity contribution in [3.05, 3.63) is 47.0 Å². The van der Waals surface area contributed by atoms with Crippen molar-refractivity contribution in [3.63, 3.8) is 0 Å². The minimum atomic E-state index is -1.73. The molecule has 1 aromatic carbocycles. The zero-order chi connectivity index (χ0) is 27.8. The van der Waals surface area contributed by atoms with Gasteiger partial charge < -0.3 is 24.4 Å². The smallest absolute Gasteiger partial charge is 0.338 e. The minimum Gasteiger partial charge on any atom is -0.455 e. The highest BCUT2D eigenvalue weighted by atomic mass is 16.6. The Hall–Kier alpha value is -2.55. The SMILES string of the molecule is CC(=O)O[C@@]12CO[C@@H]1C[C@H](C)[C@@]1(C)C(=O)[C@H](C)C3=C(C)C(O)C[C@](O)([C@@H]3C)[C@@H](OC(=O)c3ccccc3)[C@H]21. The van der Waals surface area contributed by atoms with E-state index in [9.17, 15) is 24.6 Å². The van der Waals surface area contributed by atoms with Crippen LogP contribution < -0.4 is 0 Å². The molecule has 2 bridgehead atoms. The van der Waals surface area contributed by atoms with E-state index in [1.54, 1.807) is 37.3 Å². The van der Waals surface area contributed by atoms with Gasteiger partial charge in [-0.25, -0.2) is 4.79 Å². The van der Waals surface area contributed by atoms with Crippen molar-refractivity contribution in [2.45, 2.75) is 83.9 Å². The Morgan fingerprint density at radius 1 is 1.13 bits per heavy atom. The average Bonchev–Trinajstić information content (AvgIpc) is 2.87. The maximum atomic E-state index is 14.6. The summed E-state index contributed by atoms with van der Waals surface area (Å²) in [5.74, 6) is -3.60. The van der Waals surface area contributed by atoms with E-state index in [0.29, 0.717) is 23.1 Å². The lowest BCUT2D eigenvalue weighted by molar-refractivity contribution is -0.336. The third-order valence-electron chi connectivity index (χ3n) is 10.3. The normalized spacial score (nSPS) is 44.1. The lowest BCUT2D eigenvalue weighted by Crippen LogP contribution is -2.79. The standard InChI is InChI=1S/C30H38O8/c1-15-12-22-30(14-36-22,38-19(5)31)24-26(37-27(34)20-10-8-7-9-11-20)29(35)13-21(32)16(2)23(18(29)4)17(3)25(33)28(15,24)6/h7-11,15,17-18,21-22,24,26,32,35H,12-14H2,1-6H3/t15-,17+,18+,21?,22+,24-,26-,28+,29-,30-/m0/s1. The Kier molecular flexibility index (Phi) is 6.40. The van der Waals surface area contributed by atoms with E-state index >= 15 is 0 Å². The molecular formula is C30H38O8. The molecule has 10 atom stereocenters. The third kappa shape index (κ3) is 3.56. The van der Waals surface area contributed by atoms with Crippen LogP contribution in [0.2, 0.25) is 0 Å². The van der Waals surface area contributed by atoms with Gasteiger partial charge in [-0.3, -0.25) is 9.59 Å². The third-order valence-corrected chi connectivity index (χ3v) is 10.3. The Labute approximate surface area is 223 Å². The first-order valence-corrected chi connectivity index (χ1v) is 13.5. The number of Topliss-reactive ketones (excluding diaryl/α,β-unsaturated/α-hetero) is 1. The van der Waals surface area contributed by atoms with E-state index in [1.807, 2.05) is 27.7 Å². The van der Waals surface area contributed by atoms with Crippen molar-refractivity contribution in [3.8, 4) is 0 Å². The highest BCUT2D eigenvalue weighted by Gasteiger charge is 2.75. The van der Waals surface area contributed by atoms with Crippen molar-refractivity contribution in [1.82, 2.24) is 0 Å². The number of ketones is 1. The van der Waals surface area contributed by atoms with Gasteiger partial charge in [0.1, 0.15) is 23.6 Å². The van der Waals surface area contributed by atoms with Crippen LogP contribution in [0, 0.1) is 29.1 Å². The molecule has 2 saturated carbocycles. The summed E-state index contributed by atoms with van der Waals surface area (Å²) in [6.45, 7) is 10.6. The summed E-state index contributed by atoms with van der Waals surface area (Å²) in [6, 6.07) is 8.46. The van der Waals surface area contributed by atoms with E-state index < -0.39 is 64.6 Å². The number of hydrogen-bond acceptors (Lipinski definition) is 8. The van der Waals surface area contributed by atoms with Crippen molar-refractivity contribution in [2.24, 2.45) is 29.1 Å². The number of rotatable bonds is 3. The van der Waals surface area contributed by atoms with Gasteiger partial charge in [-0.15, -0.1) is 0 Å². The van der Waals surface area contributed by atoms with E-state index in [0.717, 1.165) is 0 Å². The molecule has 8 nitrogen and oxygen atoms in total. The van der Waals surface area contributed by atoms with Gasteiger partial charge >= 0.3 is 11.9 Å². The second kappa shape index (κ2) is 9.00. The molecule has 0 radical (unpaired) electrons. The number of carbonyl (C=O) groups excluding carboxylic acids is 3. The Morgan fingerprint density at radius 3 is 2.37 bits per heavy atom. The van der Waals surface area contributed by atoms with Gasteiger partial charge in [0.05, 0.1) is 24.2 Å². The summed E-state index contributed by atoms with van der Waals surface area (Å²) in [7, 11) is 0. The van der Waals surface area contributed by atoms with Gasteiger partial charge in [-0.2, -0.15) is 0 Å². The molecule has 38 heavy (non-hydrogen) atoms. The van der Waals surface area contributed by atoms with Gasteiger partial charge in [0.15, 0.2) is 5.60 Å². The van der Waals surface area contributed by atoms with E-state index in [2.05, 4.69) is 0 Å². The number of carbonyl (C=O) groups is 3. The molecule has 4 aliphatic rings. The van der Waals surface area contributed by atoms with Crippen LogP contribution in [0.3, 0.4) is 0 Å². The number of esters is 2. The fourth-order valence-corrected chi connectivity index (χ4v) is 8.04. The maximum absolute atomic E-state index is 14.6. The predicted octanol–water partition coefficient (Wildman–Crippen LogP) is 3.24. The topological polar surface area (TPSA) is 119 Å². The molecular weight excluding hydrogens is 488 g/mol. The van der Waals surface area contributed by atoms with Gasteiger partial charge in [0.2, 0.25) is 0 Å². The Bertz CT molecular complexity index is 1190. The summed E-state index contributed by atoms with van der Waals surface area (Å²) in [5.41, 5.74) is -2.48. The highest BCUT2D eigenvalue weighted by molar-refractivity contribution is 5.92.